The summed E-state index contributed by atoms with van der Waals surface area (Å²) in [5.74, 6) is 1.51. The van der Waals surface area contributed by atoms with Crippen LogP contribution in [0.2, 0.25) is 0 Å². The van der Waals surface area contributed by atoms with Gasteiger partial charge in [-0.2, -0.15) is 0 Å². The summed E-state index contributed by atoms with van der Waals surface area (Å²) < 4.78 is 5.87. The molecule has 0 saturated carbocycles. The largest absolute Gasteiger partial charge is 0.398 e. The summed E-state index contributed by atoms with van der Waals surface area (Å²) in [6, 6.07) is 8.74. The van der Waals surface area contributed by atoms with Gasteiger partial charge in [-0.25, -0.2) is 0 Å². The van der Waals surface area contributed by atoms with E-state index in [1.165, 1.54) is 16.7 Å². The van der Waals surface area contributed by atoms with Gasteiger partial charge in [-0.05, 0) is 31.4 Å². The number of fused-ring (bicyclic) bond motifs is 4. The molecule has 3 atom stereocenters. The Balaban J connectivity index is 1.80. The molecule has 2 saturated heterocycles. The van der Waals surface area contributed by atoms with E-state index in [-0.39, 0.29) is 5.41 Å². The van der Waals surface area contributed by atoms with Gasteiger partial charge >= 0.3 is 0 Å². The minimum atomic E-state index is -0.132. The van der Waals surface area contributed by atoms with Crippen LogP contribution in [0.15, 0.2) is 46.6 Å². The van der Waals surface area contributed by atoms with Crippen LogP contribution < -0.4 is 5.73 Å². The molecule has 4 nitrogen and oxygen atoms in total. The number of piperidine rings is 1. The summed E-state index contributed by atoms with van der Waals surface area (Å²) in [6.45, 7) is 4.30. The Kier molecular flexibility index (Phi) is 2.61. The van der Waals surface area contributed by atoms with Gasteiger partial charge in [-0.15, -0.1) is 0 Å². The zero-order valence-electron chi connectivity index (χ0n) is 13.3. The lowest BCUT2D eigenvalue weighted by atomic mass is 9.61. The molecular formula is C19H21N3O. The number of allylic oxidation sites excluding steroid dienone is 1. The van der Waals surface area contributed by atoms with E-state index in [1.54, 1.807) is 0 Å². The van der Waals surface area contributed by atoms with E-state index in [0.717, 1.165) is 37.4 Å². The highest BCUT2D eigenvalue weighted by Crippen LogP contribution is 2.58. The topological polar surface area (TPSA) is 55.3 Å². The average Bonchev–Trinajstić information content (AvgIpc) is 3.20. The van der Waals surface area contributed by atoms with Gasteiger partial charge in [0.05, 0.1) is 11.6 Å². The SMILES string of the molecule is CC=C1CN2CCC3(c4ccccc4N)c4oncc4C1CC23. The number of anilines is 1. The third-order valence-corrected chi connectivity index (χ3v) is 6.29. The minimum absolute atomic E-state index is 0.132. The Morgan fingerprint density at radius 1 is 1.39 bits per heavy atom. The van der Waals surface area contributed by atoms with Crippen molar-refractivity contribution < 1.29 is 4.52 Å². The highest BCUT2D eigenvalue weighted by atomic mass is 16.5. The smallest absolute Gasteiger partial charge is 0.152 e. The predicted octanol–water partition coefficient (Wildman–Crippen LogP) is 3.06. The molecule has 23 heavy (non-hydrogen) atoms. The molecule has 3 unspecified atom stereocenters. The first kappa shape index (κ1) is 13.4. The van der Waals surface area contributed by atoms with Crippen molar-refractivity contribution in [1.82, 2.24) is 10.1 Å². The van der Waals surface area contributed by atoms with Crippen LogP contribution in [0.25, 0.3) is 0 Å². The second-order valence-electron chi connectivity index (χ2n) is 7.06. The molecule has 1 aromatic carbocycles. The maximum absolute atomic E-state index is 6.39. The number of para-hydroxylation sites is 1. The third-order valence-electron chi connectivity index (χ3n) is 6.29. The fraction of sp³-hybridized carbons (Fsp3) is 0.421. The molecule has 1 aromatic heterocycles. The monoisotopic (exact) mass is 307 g/mol. The predicted molar refractivity (Wildman–Crippen MR) is 89.2 cm³/mol. The van der Waals surface area contributed by atoms with Crippen molar-refractivity contribution in [2.75, 3.05) is 18.8 Å². The summed E-state index contributed by atoms with van der Waals surface area (Å²) >= 11 is 0. The summed E-state index contributed by atoms with van der Waals surface area (Å²) in [7, 11) is 0. The highest BCUT2D eigenvalue weighted by Gasteiger charge is 2.59. The highest BCUT2D eigenvalue weighted by molar-refractivity contribution is 5.59. The van der Waals surface area contributed by atoms with Crippen molar-refractivity contribution in [2.24, 2.45) is 0 Å². The number of nitrogens with two attached hydrogens (primary N) is 1. The van der Waals surface area contributed by atoms with Crippen molar-refractivity contribution in [3.05, 3.63) is 59.0 Å². The molecule has 0 radical (unpaired) electrons. The van der Waals surface area contributed by atoms with Crippen LogP contribution in [0.4, 0.5) is 5.69 Å². The quantitative estimate of drug-likeness (QED) is 0.650. The summed E-state index contributed by atoms with van der Waals surface area (Å²) in [5, 5.41) is 4.19. The van der Waals surface area contributed by atoms with Gasteiger partial charge in [0, 0.05) is 36.3 Å². The fourth-order valence-electron chi connectivity index (χ4n) is 5.27. The lowest BCUT2D eigenvalue weighted by Gasteiger charge is -2.48. The van der Waals surface area contributed by atoms with Crippen molar-refractivity contribution in [2.45, 2.75) is 37.1 Å². The normalized spacial score (nSPS) is 33.9. The van der Waals surface area contributed by atoms with Crippen molar-refractivity contribution >= 4 is 5.69 Å². The zero-order chi connectivity index (χ0) is 15.6. The van der Waals surface area contributed by atoms with Crippen LogP contribution in [-0.4, -0.2) is 29.2 Å². The van der Waals surface area contributed by atoms with E-state index in [0.29, 0.717) is 12.0 Å². The zero-order valence-corrected chi connectivity index (χ0v) is 13.3. The van der Waals surface area contributed by atoms with E-state index in [2.05, 4.69) is 35.2 Å². The molecule has 5 rings (SSSR count). The number of nitrogens with zero attached hydrogens (tertiary/aromatic N) is 2. The lowest BCUT2D eigenvalue weighted by molar-refractivity contribution is 0.154. The molecule has 2 fully saturated rings. The minimum Gasteiger partial charge on any atom is -0.398 e. The summed E-state index contributed by atoms with van der Waals surface area (Å²) in [6.07, 6.45) is 6.41. The molecule has 1 aliphatic carbocycles. The molecule has 2 aromatic rings. The van der Waals surface area contributed by atoms with Gasteiger partial charge in [-0.3, -0.25) is 4.90 Å². The standard InChI is InChI=1S/C19H21N3O/c1-2-12-11-22-8-7-19(15-5-3-4-6-16(15)20)17(22)9-13(12)14-10-21-23-18(14)19/h2-6,10,13,17H,7-9,11,20H2,1H3. The number of rotatable bonds is 1. The molecular weight excluding hydrogens is 286 g/mol. The Bertz CT molecular complexity index is 808. The molecule has 2 bridgehead atoms. The molecule has 3 heterocycles. The number of aromatic nitrogens is 1. The number of hydrogen-bond donors (Lipinski definition) is 1. The van der Waals surface area contributed by atoms with Gasteiger partial charge < -0.3 is 10.3 Å². The average molecular weight is 307 g/mol. The number of nitrogen functional groups attached to an aromatic ring is 1. The van der Waals surface area contributed by atoms with Gasteiger partial charge in [0.2, 0.25) is 0 Å². The Labute approximate surface area is 135 Å². The van der Waals surface area contributed by atoms with Crippen LogP contribution in [0.5, 0.6) is 0 Å². The van der Waals surface area contributed by atoms with Crippen molar-refractivity contribution in [3.8, 4) is 0 Å². The maximum Gasteiger partial charge on any atom is 0.152 e. The second kappa shape index (κ2) is 4.48. The first-order valence-corrected chi connectivity index (χ1v) is 8.45. The Morgan fingerprint density at radius 2 is 2.26 bits per heavy atom. The van der Waals surface area contributed by atoms with Crippen LogP contribution in [0, 0.1) is 0 Å². The van der Waals surface area contributed by atoms with E-state index in [1.807, 2.05) is 18.3 Å². The van der Waals surface area contributed by atoms with Gasteiger partial charge in [0.15, 0.2) is 5.76 Å². The third kappa shape index (κ3) is 1.52. The maximum atomic E-state index is 6.39. The van der Waals surface area contributed by atoms with Crippen molar-refractivity contribution in [3.63, 3.8) is 0 Å². The van der Waals surface area contributed by atoms with E-state index in [9.17, 15) is 0 Å². The first-order chi connectivity index (χ1) is 11.3. The van der Waals surface area contributed by atoms with Crippen molar-refractivity contribution in [1.29, 1.82) is 0 Å². The van der Waals surface area contributed by atoms with Gasteiger partial charge in [0.1, 0.15) is 0 Å². The molecule has 4 heteroatoms. The van der Waals surface area contributed by atoms with Gasteiger partial charge in [0.25, 0.3) is 0 Å². The molecule has 0 spiro atoms. The lowest BCUT2D eigenvalue weighted by Crippen LogP contribution is -2.51. The van der Waals surface area contributed by atoms with E-state index >= 15 is 0 Å². The molecule has 0 amide bonds. The molecule has 2 aliphatic heterocycles. The molecule has 118 valence electrons. The first-order valence-electron chi connectivity index (χ1n) is 8.45. The number of benzene rings is 1. The fourth-order valence-corrected chi connectivity index (χ4v) is 5.27. The molecule has 3 aliphatic rings. The Hall–Kier alpha value is -2.07. The molecule has 2 N–H and O–H groups in total. The van der Waals surface area contributed by atoms with Crippen LogP contribution >= 0.6 is 0 Å². The van der Waals surface area contributed by atoms with E-state index in [4.69, 9.17) is 10.3 Å². The van der Waals surface area contributed by atoms with Crippen LogP contribution in [0.3, 0.4) is 0 Å². The van der Waals surface area contributed by atoms with Crippen LogP contribution in [-0.2, 0) is 5.41 Å². The second-order valence-corrected chi connectivity index (χ2v) is 7.06. The van der Waals surface area contributed by atoms with Crippen LogP contribution in [0.1, 0.15) is 42.6 Å². The Morgan fingerprint density at radius 3 is 3.09 bits per heavy atom. The van der Waals surface area contributed by atoms with Gasteiger partial charge in [-0.1, -0.05) is 35.0 Å². The van der Waals surface area contributed by atoms with E-state index < -0.39 is 0 Å². The summed E-state index contributed by atoms with van der Waals surface area (Å²) in [5.41, 5.74) is 11.1. The summed E-state index contributed by atoms with van der Waals surface area (Å²) in [4.78, 5) is 2.61. The number of hydrogen-bond acceptors (Lipinski definition) is 4.